The summed E-state index contributed by atoms with van der Waals surface area (Å²) in [4.78, 5) is 33.8. The van der Waals surface area contributed by atoms with Gasteiger partial charge >= 0.3 is 5.97 Å². The molecule has 27 heavy (non-hydrogen) atoms. The Balaban J connectivity index is 1.75. The van der Waals surface area contributed by atoms with E-state index < -0.39 is 23.4 Å². The highest BCUT2D eigenvalue weighted by Gasteiger charge is 2.14. The van der Waals surface area contributed by atoms with Gasteiger partial charge in [0, 0.05) is 18.7 Å². The number of rotatable bonds is 8. The first-order valence-corrected chi connectivity index (χ1v) is 8.64. The first-order valence-electron chi connectivity index (χ1n) is 8.64. The molecule has 1 amide bonds. The fourth-order valence-corrected chi connectivity index (χ4v) is 2.43. The molecule has 0 radical (unpaired) electrons. The van der Waals surface area contributed by atoms with Crippen LogP contribution in [0.15, 0.2) is 48.5 Å². The van der Waals surface area contributed by atoms with Crippen molar-refractivity contribution in [2.75, 3.05) is 13.2 Å². The van der Waals surface area contributed by atoms with E-state index in [1.165, 1.54) is 23.8 Å². The fourth-order valence-electron chi connectivity index (χ4n) is 2.43. The van der Waals surface area contributed by atoms with Crippen LogP contribution in [0.1, 0.15) is 41.3 Å². The number of carbonyl (C=O) groups excluding carboxylic acids is 2. The summed E-state index contributed by atoms with van der Waals surface area (Å²) in [5.41, 5.74) is 2.18. The van der Waals surface area contributed by atoms with Crippen molar-refractivity contribution in [3.8, 4) is 0 Å². The molecule has 142 valence electrons. The number of hydrogen-bond acceptors (Lipinski definition) is 5. The summed E-state index contributed by atoms with van der Waals surface area (Å²) in [5.74, 6) is -0.731. The van der Waals surface area contributed by atoms with Crippen LogP contribution in [0.2, 0.25) is 0 Å². The van der Waals surface area contributed by atoms with Crippen molar-refractivity contribution in [3.05, 3.63) is 75.3 Å². The van der Waals surface area contributed by atoms with Crippen molar-refractivity contribution in [2.45, 2.75) is 26.2 Å². The van der Waals surface area contributed by atoms with Crippen LogP contribution in [0, 0.1) is 10.1 Å². The Hall–Kier alpha value is -3.22. The van der Waals surface area contributed by atoms with E-state index in [9.17, 15) is 19.7 Å². The number of nitro benzene ring substituents is 1. The standard InChI is InChI=1S/C20H22N2O5/c1-14(2)16-8-6-15(7-9-16)10-11-21-19(23)13-27-20(24)17-4-3-5-18(12-17)22(25)26/h3-9,12,14H,10-11,13H2,1-2H3,(H,21,23). The molecule has 2 rings (SSSR count). The lowest BCUT2D eigenvalue weighted by Gasteiger charge is -2.08. The third-order valence-electron chi connectivity index (χ3n) is 4.01. The summed E-state index contributed by atoms with van der Waals surface area (Å²) in [5, 5.41) is 13.4. The molecule has 0 fully saturated rings. The second kappa shape index (κ2) is 9.47. The molecule has 0 aliphatic heterocycles. The zero-order chi connectivity index (χ0) is 19.8. The molecule has 0 atom stereocenters. The van der Waals surface area contributed by atoms with Crippen molar-refractivity contribution in [2.24, 2.45) is 0 Å². The Kier molecular flexibility index (Phi) is 7.05. The molecule has 0 aliphatic rings. The lowest BCUT2D eigenvalue weighted by atomic mass is 10.0. The largest absolute Gasteiger partial charge is 0.452 e. The maximum absolute atomic E-state index is 11.9. The van der Waals surface area contributed by atoms with Gasteiger partial charge in [0.05, 0.1) is 10.5 Å². The second-order valence-electron chi connectivity index (χ2n) is 6.38. The Labute approximate surface area is 157 Å². The van der Waals surface area contributed by atoms with Gasteiger partial charge < -0.3 is 10.1 Å². The number of ether oxygens (including phenoxy) is 1. The van der Waals surface area contributed by atoms with Crippen LogP contribution in [-0.2, 0) is 16.0 Å². The highest BCUT2D eigenvalue weighted by atomic mass is 16.6. The smallest absolute Gasteiger partial charge is 0.338 e. The summed E-state index contributed by atoms with van der Waals surface area (Å²) in [6.45, 7) is 4.25. The summed E-state index contributed by atoms with van der Waals surface area (Å²) in [7, 11) is 0. The number of esters is 1. The molecular formula is C20H22N2O5. The van der Waals surface area contributed by atoms with Crippen LogP contribution < -0.4 is 5.32 Å². The highest BCUT2D eigenvalue weighted by molar-refractivity contribution is 5.91. The topological polar surface area (TPSA) is 98.5 Å². The van der Waals surface area contributed by atoms with Gasteiger partial charge in [0.15, 0.2) is 6.61 Å². The van der Waals surface area contributed by atoms with Gasteiger partial charge in [-0.15, -0.1) is 0 Å². The van der Waals surface area contributed by atoms with Gasteiger partial charge in [-0.25, -0.2) is 4.79 Å². The van der Waals surface area contributed by atoms with Crippen LogP contribution in [0.25, 0.3) is 0 Å². The number of nitro groups is 1. The molecule has 2 aromatic carbocycles. The minimum absolute atomic E-state index is 0.0299. The van der Waals surface area contributed by atoms with E-state index in [2.05, 4.69) is 31.3 Å². The lowest BCUT2D eigenvalue weighted by Crippen LogP contribution is -2.30. The van der Waals surface area contributed by atoms with Crippen LogP contribution >= 0.6 is 0 Å². The molecule has 1 N–H and O–H groups in total. The predicted molar refractivity (Wildman–Crippen MR) is 101 cm³/mol. The van der Waals surface area contributed by atoms with Crippen molar-refractivity contribution in [1.82, 2.24) is 5.32 Å². The van der Waals surface area contributed by atoms with E-state index in [0.29, 0.717) is 18.9 Å². The van der Waals surface area contributed by atoms with Crippen molar-refractivity contribution < 1.29 is 19.2 Å². The van der Waals surface area contributed by atoms with Gasteiger partial charge in [-0.05, 0) is 29.5 Å². The van der Waals surface area contributed by atoms with Gasteiger partial charge in [-0.3, -0.25) is 14.9 Å². The molecule has 7 heteroatoms. The van der Waals surface area contributed by atoms with Crippen LogP contribution in [0.4, 0.5) is 5.69 Å². The Bertz CT molecular complexity index is 815. The van der Waals surface area contributed by atoms with Crippen LogP contribution in [0.5, 0.6) is 0 Å². The molecule has 0 bridgehead atoms. The monoisotopic (exact) mass is 370 g/mol. The van der Waals surface area contributed by atoms with E-state index in [0.717, 1.165) is 11.6 Å². The number of nitrogens with one attached hydrogen (secondary N) is 1. The maximum Gasteiger partial charge on any atom is 0.338 e. The zero-order valence-electron chi connectivity index (χ0n) is 15.3. The number of amides is 1. The van der Waals surface area contributed by atoms with E-state index in [1.54, 1.807) is 0 Å². The average Bonchev–Trinajstić information content (AvgIpc) is 2.66. The van der Waals surface area contributed by atoms with E-state index in [-0.39, 0.29) is 11.3 Å². The first-order chi connectivity index (χ1) is 12.9. The third kappa shape index (κ3) is 6.22. The number of benzene rings is 2. The molecule has 0 spiro atoms. The van der Waals surface area contributed by atoms with Gasteiger partial charge in [0.2, 0.25) is 0 Å². The summed E-state index contributed by atoms with van der Waals surface area (Å²) >= 11 is 0. The predicted octanol–water partition coefficient (Wildman–Crippen LogP) is 3.23. The van der Waals surface area contributed by atoms with Crippen LogP contribution in [-0.4, -0.2) is 30.0 Å². The molecule has 0 saturated carbocycles. The van der Waals surface area contributed by atoms with Crippen LogP contribution in [0.3, 0.4) is 0 Å². The molecule has 0 aliphatic carbocycles. The van der Waals surface area contributed by atoms with Crippen molar-refractivity contribution >= 4 is 17.6 Å². The van der Waals surface area contributed by atoms with Gasteiger partial charge in [0.25, 0.3) is 11.6 Å². The lowest BCUT2D eigenvalue weighted by molar-refractivity contribution is -0.384. The number of non-ortho nitro benzene ring substituents is 1. The molecule has 0 saturated heterocycles. The molecule has 0 heterocycles. The second-order valence-corrected chi connectivity index (χ2v) is 6.38. The Morgan fingerprint density at radius 3 is 2.48 bits per heavy atom. The van der Waals surface area contributed by atoms with Gasteiger partial charge in [-0.1, -0.05) is 44.2 Å². The number of carbonyl (C=O) groups is 2. The van der Waals surface area contributed by atoms with Crippen molar-refractivity contribution in [1.29, 1.82) is 0 Å². The molecule has 0 aromatic heterocycles. The first kappa shape index (κ1) is 20.1. The van der Waals surface area contributed by atoms with E-state index in [1.807, 2.05) is 12.1 Å². The minimum atomic E-state index is -0.780. The summed E-state index contributed by atoms with van der Waals surface area (Å²) in [6.07, 6.45) is 0.670. The number of hydrogen-bond donors (Lipinski definition) is 1. The SMILES string of the molecule is CC(C)c1ccc(CCNC(=O)COC(=O)c2cccc([N+](=O)[O-])c2)cc1. The van der Waals surface area contributed by atoms with E-state index >= 15 is 0 Å². The summed E-state index contributed by atoms with van der Waals surface area (Å²) in [6, 6.07) is 13.4. The van der Waals surface area contributed by atoms with Crippen molar-refractivity contribution in [3.63, 3.8) is 0 Å². The Morgan fingerprint density at radius 2 is 1.85 bits per heavy atom. The normalized spacial score (nSPS) is 10.5. The van der Waals surface area contributed by atoms with E-state index in [4.69, 9.17) is 4.74 Å². The average molecular weight is 370 g/mol. The Morgan fingerprint density at radius 1 is 1.15 bits per heavy atom. The molecule has 7 nitrogen and oxygen atoms in total. The minimum Gasteiger partial charge on any atom is -0.452 e. The fraction of sp³-hybridized carbons (Fsp3) is 0.300. The maximum atomic E-state index is 11.9. The molecule has 0 unspecified atom stereocenters. The summed E-state index contributed by atoms with van der Waals surface area (Å²) < 4.78 is 4.90. The zero-order valence-corrected chi connectivity index (χ0v) is 15.3. The molecule has 2 aromatic rings. The van der Waals surface area contributed by atoms with Gasteiger partial charge in [0.1, 0.15) is 0 Å². The highest BCUT2D eigenvalue weighted by Crippen LogP contribution is 2.15. The molecular weight excluding hydrogens is 348 g/mol. The third-order valence-corrected chi connectivity index (χ3v) is 4.01. The quantitative estimate of drug-likeness (QED) is 0.437. The number of nitrogens with zero attached hydrogens (tertiary/aromatic N) is 1. The van der Waals surface area contributed by atoms with Gasteiger partial charge in [-0.2, -0.15) is 0 Å².